The van der Waals surface area contributed by atoms with Crippen LogP contribution in [0, 0.1) is 0 Å². The van der Waals surface area contributed by atoms with Gasteiger partial charge in [-0.05, 0) is 0 Å². The van der Waals surface area contributed by atoms with Crippen LogP contribution in [0.25, 0.3) is 0 Å². The van der Waals surface area contributed by atoms with Gasteiger partial charge in [0, 0.05) is 33.1 Å². The third kappa shape index (κ3) is 4.91. The Morgan fingerprint density at radius 2 is 1.41 bits per heavy atom. The lowest BCUT2D eigenvalue weighted by Crippen LogP contribution is -2.39. The number of aliphatic hydroxyl groups is 2. The Balaban J connectivity index is 1.85. The molecule has 3 saturated heterocycles. The van der Waals surface area contributed by atoms with Gasteiger partial charge in [-0.1, -0.05) is 0 Å². The van der Waals surface area contributed by atoms with E-state index in [9.17, 15) is 19.3 Å². The van der Waals surface area contributed by atoms with E-state index in [0.717, 1.165) is 7.17 Å². The molecule has 27 heavy (non-hydrogen) atoms. The molecule has 0 spiro atoms. The first-order chi connectivity index (χ1) is 12.5. The van der Waals surface area contributed by atoms with Crippen molar-refractivity contribution in [2.24, 2.45) is 0 Å². The summed E-state index contributed by atoms with van der Waals surface area (Å²) in [4.78, 5) is 0. The van der Waals surface area contributed by atoms with Crippen LogP contribution in [-0.2, 0) is 36.7 Å². The Morgan fingerprint density at radius 3 is 1.93 bits per heavy atom. The number of hydrogen-bond acceptors (Lipinski definition) is 10. The molecule has 0 aromatic rings. The van der Waals surface area contributed by atoms with Gasteiger partial charge in [-0.15, -0.1) is 0 Å². The highest BCUT2D eigenvalue weighted by atomic mass is 31.2. The van der Waals surface area contributed by atoms with Crippen LogP contribution in [0.3, 0.4) is 0 Å². The topological polar surface area (TPSA) is 130 Å². The van der Waals surface area contributed by atoms with E-state index in [1.807, 2.05) is 0 Å². The minimum atomic E-state index is -3.68. The summed E-state index contributed by atoms with van der Waals surface area (Å²) < 4.78 is 57.8. The van der Waals surface area contributed by atoms with Crippen molar-refractivity contribution in [1.29, 1.82) is 0 Å². The smallest absolute Gasteiger partial charge is 0.328 e. The number of aliphatic hydroxyl groups excluding tert-OH is 2. The maximum absolute atomic E-state index is 12.7. The van der Waals surface area contributed by atoms with Crippen LogP contribution in [0.4, 0.5) is 0 Å². The Hall–Kier alpha value is 0.335. The van der Waals surface area contributed by atoms with Crippen molar-refractivity contribution < 1.29 is 46.9 Å². The summed E-state index contributed by atoms with van der Waals surface area (Å²) in [6, 6.07) is -2.00. The number of ether oxygens (including phenoxy) is 2. The average Bonchev–Trinajstić information content (AvgIpc) is 3.02. The Labute approximate surface area is 160 Å². The van der Waals surface area contributed by atoms with Gasteiger partial charge >= 0.3 is 15.2 Å². The molecule has 147 valence electrons. The van der Waals surface area contributed by atoms with Crippen molar-refractivity contribution in [3.8, 4) is 0 Å². The zero-order valence-electron chi connectivity index (χ0n) is 14.8. The maximum Gasteiger partial charge on any atom is 0.328 e. The largest absolute Gasteiger partial charge is 0.388 e. The van der Waals surface area contributed by atoms with Gasteiger partial charge in [-0.2, -0.15) is 0 Å². The van der Waals surface area contributed by atoms with Crippen LogP contribution in [0.2, 0.25) is 0 Å². The Kier molecular flexibility index (Phi) is 6.71. The first-order valence-electron chi connectivity index (χ1n) is 8.31. The van der Waals surface area contributed by atoms with E-state index >= 15 is 0 Å². The highest BCUT2D eigenvalue weighted by Gasteiger charge is 2.50. The minimum absolute atomic E-state index is 0.305. The Morgan fingerprint density at radius 1 is 0.926 bits per heavy atom. The summed E-state index contributed by atoms with van der Waals surface area (Å²) in [6.07, 6.45) is -6.62. The summed E-state index contributed by atoms with van der Waals surface area (Å²) in [6.45, 7) is 1.81. The molecule has 10 atom stereocenters. The monoisotopic (exact) mass is 419 g/mol. The fourth-order valence-corrected chi connectivity index (χ4v) is 5.50. The first-order valence-corrected chi connectivity index (χ1v) is 12.3. The van der Waals surface area contributed by atoms with Crippen molar-refractivity contribution in [3.05, 3.63) is 0 Å². The molecule has 3 heterocycles. The van der Waals surface area contributed by atoms with Gasteiger partial charge in [0.05, 0.1) is 20.4 Å². The molecule has 0 aromatic heterocycles. The summed E-state index contributed by atoms with van der Waals surface area (Å²) in [5.74, 6) is 0. The fourth-order valence-electron chi connectivity index (χ4n) is 3.14. The summed E-state index contributed by atoms with van der Waals surface area (Å²) in [7, 11) is 4.85. The lowest BCUT2D eigenvalue weighted by Gasteiger charge is -2.30. The van der Waals surface area contributed by atoms with E-state index in [0.29, 0.717) is 0 Å². The minimum Gasteiger partial charge on any atom is -0.388 e. The van der Waals surface area contributed by atoms with Crippen LogP contribution in [-0.4, -0.2) is 108 Å². The van der Waals surface area contributed by atoms with Crippen LogP contribution in [0.5, 0.6) is 0 Å². The molecule has 0 bridgehead atoms. The second-order valence-electron chi connectivity index (χ2n) is 6.73. The molecule has 0 aromatic carbocycles. The van der Waals surface area contributed by atoms with Crippen molar-refractivity contribution in [3.63, 3.8) is 0 Å². The van der Waals surface area contributed by atoms with Crippen LogP contribution in [0.15, 0.2) is 0 Å². The van der Waals surface area contributed by atoms with Gasteiger partial charge in [0.1, 0.15) is 44.5 Å². The van der Waals surface area contributed by atoms with Crippen molar-refractivity contribution in [2.45, 2.75) is 48.6 Å². The molecule has 3 rings (SSSR count). The molecule has 15 heteroatoms. The average molecular weight is 419 g/mol. The molecule has 10 nitrogen and oxygen atoms in total. The van der Waals surface area contributed by atoms with Gasteiger partial charge < -0.3 is 28.7 Å². The van der Waals surface area contributed by atoms with Gasteiger partial charge in [0.25, 0.3) is 0 Å². The van der Waals surface area contributed by atoms with E-state index in [4.69, 9.17) is 43.2 Å². The SMILES string of the molecule is [B][B][C@@H]1O[C@@H]2COP(C)(=O)O[C@@H]3C(O)[C@H]([B])O[C@@H]3COP(C)(=O)O[C@@H]2C1O. The normalized spacial score (nSPS) is 54.4. The van der Waals surface area contributed by atoms with Crippen molar-refractivity contribution in [2.75, 3.05) is 26.5 Å². The standard InChI is InChI=1S/C12H20B3O10P2/c1-26(18)21-4-6-10(8(17)12(15-14)23-6)25-27(2,19)20-3-5-9(24-26)7(16)11(13)22-5/h5-12,16-17H,3-4H2,1-2H3/t5-,6-,7?,8?,9+,10+,11-,12-,26?,27?/m1/s1. The van der Waals surface area contributed by atoms with Crippen molar-refractivity contribution >= 4 is 37.9 Å². The molecule has 5 radical (unpaired) electrons. The van der Waals surface area contributed by atoms with E-state index < -0.39 is 63.8 Å². The predicted octanol–water partition coefficient (Wildman–Crippen LogP) is -1.42. The number of fused-ring (bicyclic) bond motifs is 2. The third-order valence-electron chi connectivity index (χ3n) is 4.51. The van der Waals surface area contributed by atoms with Crippen molar-refractivity contribution in [1.82, 2.24) is 0 Å². The maximum atomic E-state index is 12.7. The lowest BCUT2D eigenvalue weighted by atomic mass is 9.50. The van der Waals surface area contributed by atoms with Crippen LogP contribution in [0.1, 0.15) is 0 Å². The molecule has 0 amide bonds. The quantitative estimate of drug-likeness (QED) is 0.386. The molecular formula is C12H20B3O10P2. The molecule has 2 N–H and O–H groups in total. The van der Waals surface area contributed by atoms with Gasteiger partial charge in [0.2, 0.25) is 0 Å². The predicted molar refractivity (Wildman–Crippen MR) is 95.3 cm³/mol. The number of hydrogen-bond donors (Lipinski definition) is 2. The molecule has 0 saturated carbocycles. The highest BCUT2D eigenvalue weighted by molar-refractivity contribution is 7.53. The number of rotatable bonds is 1. The molecule has 0 aliphatic carbocycles. The second kappa shape index (κ2) is 8.22. The van der Waals surface area contributed by atoms with Gasteiger partial charge in [-0.25, -0.2) is 0 Å². The second-order valence-corrected chi connectivity index (χ2v) is 10.7. The molecule has 3 aliphatic rings. The molecule has 3 fully saturated rings. The molecular weight excluding hydrogens is 399 g/mol. The zero-order chi connectivity index (χ0) is 20.0. The highest BCUT2D eigenvalue weighted by Crippen LogP contribution is 2.52. The van der Waals surface area contributed by atoms with Crippen LogP contribution < -0.4 is 0 Å². The van der Waals surface area contributed by atoms with E-state index in [2.05, 4.69) is 0 Å². The first kappa shape index (κ1) is 22.0. The van der Waals surface area contributed by atoms with E-state index in [1.165, 1.54) is 13.3 Å². The summed E-state index contributed by atoms with van der Waals surface area (Å²) in [5, 5.41) is 20.4. The third-order valence-corrected chi connectivity index (χ3v) is 6.99. The molecule has 3 aliphatic heterocycles. The summed E-state index contributed by atoms with van der Waals surface area (Å²) >= 11 is 0. The zero-order valence-corrected chi connectivity index (χ0v) is 16.6. The van der Waals surface area contributed by atoms with Gasteiger partial charge in [0.15, 0.2) is 0 Å². The lowest BCUT2D eigenvalue weighted by molar-refractivity contribution is -0.0316. The summed E-state index contributed by atoms with van der Waals surface area (Å²) in [5.41, 5.74) is 0. The van der Waals surface area contributed by atoms with Gasteiger partial charge in [-0.3, -0.25) is 18.2 Å². The van der Waals surface area contributed by atoms with E-state index in [1.54, 1.807) is 0 Å². The van der Waals surface area contributed by atoms with Crippen LogP contribution >= 0.6 is 15.2 Å². The van der Waals surface area contributed by atoms with E-state index in [-0.39, 0.29) is 13.2 Å². The Bertz CT molecular complexity index is 641. The fraction of sp³-hybridized carbons (Fsp3) is 1.00. The molecule has 4 unspecified atom stereocenters.